The van der Waals surface area contributed by atoms with Gasteiger partial charge < -0.3 is 5.73 Å². The molecule has 1 unspecified atom stereocenters. The van der Waals surface area contributed by atoms with Crippen molar-refractivity contribution in [3.63, 3.8) is 0 Å². The summed E-state index contributed by atoms with van der Waals surface area (Å²) in [6.07, 6.45) is 1.26. The Morgan fingerprint density at radius 2 is 2.31 bits per heavy atom. The number of nitrogens with zero attached hydrogens (tertiary/aromatic N) is 3. The summed E-state index contributed by atoms with van der Waals surface area (Å²) in [6, 6.07) is 0. The van der Waals surface area contributed by atoms with E-state index in [4.69, 9.17) is 5.73 Å². The molecule has 0 bridgehead atoms. The lowest BCUT2D eigenvalue weighted by Crippen LogP contribution is -2.17. The molecule has 0 radical (unpaired) electrons. The molecule has 2 rings (SSSR count). The van der Waals surface area contributed by atoms with E-state index in [2.05, 4.69) is 10.2 Å². The monoisotopic (exact) mass is 188 g/mol. The van der Waals surface area contributed by atoms with Gasteiger partial charge in [-0.1, -0.05) is 6.92 Å². The minimum absolute atomic E-state index is 0.0958. The molecule has 0 saturated heterocycles. The Bertz CT molecular complexity index is 335. The fraction of sp³-hybridized carbons (Fsp3) is 0.714. The van der Waals surface area contributed by atoms with Gasteiger partial charge in [0.2, 0.25) is 0 Å². The third kappa shape index (κ3) is 1.26. The van der Waals surface area contributed by atoms with Crippen molar-refractivity contribution in [2.45, 2.75) is 25.8 Å². The maximum Gasteiger partial charge on any atom is 0.256 e. The lowest BCUT2D eigenvalue weighted by Gasteiger charge is -2.07. The Balaban J connectivity index is 2.08. The first-order chi connectivity index (χ1) is 5.93. The van der Waals surface area contributed by atoms with E-state index in [1.165, 1.54) is 17.9 Å². The second-order valence-corrected chi connectivity index (χ2v) is 3.74. The van der Waals surface area contributed by atoms with Crippen molar-refractivity contribution >= 4 is 5.82 Å². The zero-order valence-electron chi connectivity index (χ0n) is 7.17. The van der Waals surface area contributed by atoms with Crippen LogP contribution in [-0.2, 0) is 6.54 Å². The van der Waals surface area contributed by atoms with Crippen LogP contribution in [0.15, 0.2) is 6.20 Å². The van der Waals surface area contributed by atoms with Gasteiger partial charge in [-0.15, -0.1) is 5.10 Å². The van der Waals surface area contributed by atoms with Gasteiger partial charge in [-0.2, -0.15) is 9.90 Å². The van der Waals surface area contributed by atoms with Crippen LogP contribution in [0.2, 0.25) is 0 Å². The van der Waals surface area contributed by atoms with Gasteiger partial charge >= 0.3 is 0 Å². The molecule has 0 aliphatic heterocycles. The van der Waals surface area contributed by atoms with Crippen molar-refractivity contribution in [2.75, 3.05) is 5.73 Å². The molecule has 1 saturated carbocycles. The molecule has 13 heavy (non-hydrogen) atoms. The van der Waals surface area contributed by atoms with E-state index in [1.807, 2.05) is 0 Å². The molecule has 0 spiro atoms. The van der Waals surface area contributed by atoms with Crippen LogP contribution in [0.5, 0.6) is 0 Å². The fourth-order valence-electron chi connectivity index (χ4n) is 1.32. The van der Waals surface area contributed by atoms with Crippen molar-refractivity contribution in [1.29, 1.82) is 0 Å². The molecule has 1 aromatic heterocycles. The number of alkyl halides is 2. The molecular formula is C7H10F2N4. The molecular weight excluding hydrogens is 178 g/mol. The molecule has 1 fully saturated rings. The molecule has 6 heteroatoms. The average molecular weight is 188 g/mol. The second-order valence-electron chi connectivity index (χ2n) is 3.74. The smallest absolute Gasteiger partial charge is 0.256 e. The number of rotatable bonds is 2. The van der Waals surface area contributed by atoms with Crippen molar-refractivity contribution in [3.05, 3.63) is 6.20 Å². The van der Waals surface area contributed by atoms with Crippen molar-refractivity contribution in [2.24, 2.45) is 5.41 Å². The highest BCUT2D eigenvalue weighted by Gasteiger charge is 2.68. The van der Waals surface area contributed by atoms with E-state index in [-0.39, 0.29) is 18.8 Å². The van der Waals surface area contributed by atoms with E-state index < -0.39 is 11.3 Å². The van der Waals surface area contributed by atoms with Gasteiger partial charge in [0.15, 0.2) is 5.82 Å². The Morgan fingerprint density at radius 3 is 2.69 bits per heavy atom. The maximum atomic E-state index is 12.8. The number of anilines is 1. The van der Waals surface area contributed by atoms with Crippen molar-refractivity contribution in [1.82, 2.24) is 15.0 Å². The number of halogens is 2. The molecule has 4 nitrogen and oxygen atoms in total. The normalized spacial score (nSPS) is 30.4. The zero-order chi connectivity index (χ0) is 9.69. The maximum absolute atomic E-state index is 12.8. The van der Waals surface area contributed by atoms with Crippen LogP contribution in [0, 0.1) is 5.41 Å². The lowest BCUT2D eigenvalue weighted by atomic mass is 10.1. The van der Waals surface area contributed by atoms with Crippen LogP contribution < -0.4 is 5.73 Å². The van der Waals surface area contributed by atoms with E-state index in [1.54, 1.807) is 0 Å². The van der Waals surface area contributed by atoms with Crippen LogP contribution in [0.25, 0.3) is 0 Å². The lowest BCUT2D eigenvalue weighted by molar-refractivity contribution is 0.0606. The first-order valence-corrected chi connectivity index (χ1v) is 3.96. The standard InChI is InChI=1S/C7H10F2N4/c1-6(3-7(6,8)9)4-13-11-2-5(10)12-13/h2H,3-4H2,1H3,(H2,10,12). The Labute approximate surface area is 73.7 Å². The molecule has 1 aliphatic carbocycles. The molecule has 2 N–H and O–H groups in total. The number of hydrogen-bond donors (Lipinski definition) is 1. The quantitative estimate of drug-likeness (QED) is 0.750. The van der Waals surface area contributed by atoms with Gasteiger partial charge in [-0.25, -0.2) is 8.78 Å². The van der Waals surface area contributed by atoms with Gasteiger partial charge in [0, 0.05) is 6.42 Å². The Morgan fingerprint density at radius 1 is 1.69 bits per heavy atom. The van der Waals surface area contributed by atoms with E-state index in [0.717, 1.165) is 0 Å². The summed E-state index contributed by atoms with van der Waals surface area (Å²) in [6.45, 7) is 1.64. The average Bonchev–Trinajstić information content (AvgIpc) is 2.37. The summed E-state index contributed by atoms with van der Waals surface area (Å²) < 4.78 is 25.5. The van der Waals surface area contributed by atoms with E-state index >= 15 is 0 Å². The summed E-state index contributed by atoms with van der Waals surface area (Å²) in [5.41, 5.74) is 4.32. The summed E-state index contributed by atoms with van der Waals surface area (Å²) in [5, 5.41) is 7.51. The summed E-state index contributed by atoms with van der Waals surface area (Å²) in [5.74, 6) is -2.32. The van der Waals surface area contributed by atoms with Crippen LogP contribution in [0.3, 0.4) is 0 Å². The molecule has 1 heterocycles. The largest absolute Gasteiger partial charge is 0.381 e. The highest BCUT2D eigenvalue weighted by atomic mass is 19.3. The third-order valence-corrected chi connectivity index (χ3v) is 2.41. The summed E-state index contributed by atoms with van der Waals surface area (Å²) in [7, 11) is 0. The van der Waals surface area contributed by atoms with Crippen LogP contribution in [0.4, 0.5) is 14.6 Å². The number of hydrogen-bond acceptors (Lipinski definition) is 3. The van der Waals surface area contributed by atoms with Crippen LogP contribution in [0.1, 0.15) is 13.3 Å². The Hall–Kier alpha value is -1.20. The highest BCUT2D eigenvalue weighted by molar-refractivity contribution is 5.19. The summed E-state index contributed by atoms with van der Waals surface area (Å²) >= 11 is 0. The molecule has 1 aromatic rings. The third-order valence-electron chi connectivity index (χ3n) is 2.41. The fourth-order valence-corrected chi connectivity index (χ4v) is 1.32. The predicted octanol–water partition coefficient (Wildman–Crippen LogP) is 0.906. The predicted molar refractivity (Wildman–Crippen MR) is 42.1 cm³/mol. The number of nitrogen functional groups attached to an aromatic ring is 1. The zero-order valence-corrected chi connectivity index (χ0v) is 7.17. The molecule has 0 aromatic carbocycles. The molecule has 0 amide bonds. The highest BCUT2D eigenvalue weighted by Crippen LogP contribution is 2.60. The van der Waals surface area contributed by atoms with Crippen LogP contribution in [-0.4, -0.2) is 20.9 Å². The molecule has 72 valence electrons. The van der Waals surface area contributed by atoms with Gasteiger partial charge in [-0.3, -0.25) is 0 Å². The number of nitrogens with two attached hydrogens (primary N) is 1. The minimum atomic E-state index is -2.57. The van der Waals surface area contributed by atoms with Gasteiger partial charge in [0.05, 0.1) is 18.2 Å². The van der Waals surface area contributed by atoms with Crippen molar-refractivity contribution < 1.29 is 8.78 Å². The SMILES string of the molecule is CC1(Cn2ncc(N)n2)CC1(F)F. The number of aromatic nitrogens is 3. The molecule has 1 aliphatic rings. The van der Waals surface area contributed by atoms with Gasteiger partial charge in [0.25, 0.3) is 5.92 Å². The van der Waals surface area contributed by atoms with Gasteiger partial charge in [0.1, 0.15) is 0 Å². The topological polar surface area (TPSA) is 56.7 Å². The first kappa shape index (κ1) is 8.40. The summed E-state index contributed by atoms with van der Waals surface area (Å²) in [4.78, 5) is 1.22. The second kappa shape index (κ2) is 2.18. The van der Waals surface area contributed by atoms with Crippen LogP contribution >= 0.6 is 0 Å². The van der Waals surface area contributed by atoms with Crippen molar-refractivity contribution in [3.8, 4) is 0 Å². The van der Waals surface area contributed by atoms with Gasteiger partial charge in [-0.05, 0) is 0 Å². The van der Waals surface area contributed by atoms with E-state index in [0.29, 0.717) is 0 Å². The minimum Gasteiger partial charge on any atom is -0.381 e. The van der Waals surface area contributed by atoms with E-state index in [9.17, 15) is 8.78 Å². The molecule has 1 atom stereocenters. The first-order valence-electron chi connectivity index (χ1n) is 3.96. The Kier molecular flexibility index (Phi) is 1.41.